The average Bonchev–Trinajstić information content (AvgIpc) is 3.00. The van der Waals surface area contributed by atoms with Gasteiger partial charge in [-0.25, -0.2) is 0 Å². The lowest BCUT2D eigenvalue weighted by molar-refractivity contribution is 0.0926. The Hall–Kier alpha value is -4.25. The van der Waals surface area contributed by atoms with E-state index in [0.717, 1.165) is 53.1 Å². The van der Waals surface area contributed by atoms with Crippen LogP contribution in [0.4, 0.5) is 0 Å². The van der Waals surface area contributed by atoms with E-state index in [9.17, 15) is 4.79 Å². The number of hydrogen-bond donors (Lipinski definition) is 1. The smallest absolute Gasteiger partial charge is 0.252 e. The molecule has 1 unspecified atom stereocenters. The summed E-state index contributed by atoms with van der Waals surface area (Å²) in [5.41, 5.74) is 3.66. The summed E-state index contributed by atoms with van der Waals surface area (Å²) >= 11 is 0. The van der Waals surface area contributed by atoms with Gasteiger partial charge in [-0.1, -0.05) is 79.4 Å². The largest absolute Gasteiger partial charge is 0.493 e. The van der Waals surface area contributed by atoms with Crippen LogP contribution >= 0.6 is 0 Å². The van der Waals surface area contributed by atoms with Crippen molar-refractivity contribution in [3.63, 3.8) is 0 Å². The SMILES string of the molecule is COc1ccc2c3c(c(C(=O)NC4CCCCC4)cc2c1OC)C=CC(c1ccccc1)(c1ccc(C)cc1)O3. The molecule has 0 spiro atoms. The van der Waals surface area contributed by atoms with Crippen molar-refractivity contribution in [1.82, 2.24) is 5.32 Å². The number of hydrogen-bond acceptors (Lipinski definition) is 4. The van der Waals surface area contributed by atoms with E-state index in [4.69, 9.17) is 14.2 Å². The molecule has 4 aromatic rings. The molecule has 1 atom stereocenters. The lowest BCUT2D eigenvalue weighted by Crippen LogP contribution is -2.37. The molecule has 1 aliphatic carbocycles. The third-order valence-corrected chi connectivity index (χ3v) is 8.27. The number of amides is 1. The molecule has 1 N–H and O–H groups in total. The Morgan fingerprint density at radius 1 is 0.875 bits per heavy atom. The molecule has 5 heteroatoms. The topological polar surface area (TPSA) is 56.8 Å². The van der Waals surface area contributed by atoms with Crippen molar-refractivity contribution in [1.29, 1.82) is 0 Å². The van der Waals surface area contributed by atoms with Crippen LogP contribution in [0.25, 0.3) is 16.8 Å². The Morgan fingerprint density at radius 3 is 2.30 bits per heavy atom. The molecule has 0 saturated heterocycles. The third kappa shape index (κ3) is 4.49. The summed E-state index contributed by atoms with van der Waals surface area (Å²) in [5.74, 6) is 1.74. The van der Waals surface area contributed by atoms with Gasteiger partial charge in [-0.05, 0) is 50.1 Å². The van der Waals surface area contributed by atoms with Crippen molar-refractivity contribution in [2.24, 2.45) is 0 Å². The van der Waals surface area contributed by atoms with Gasteiger partial charge < -0.3 is 19.5 Å². The first-order valence-electron chi connectivity index (χ1n) is 14.1. The van der Waals surface area contributed by atoms with Crippen LogP contribution in [0, 0.1) is 6.92 Å². The molecule has 6 rings (SSSR count). The second kappa shape index (κ2) is 10.7. The van der Waals surface area contributed by atoms with Crippen LogP contribution in [0.3, 0.4) is 0 Å². The Kier molecular flexibility index (Phi) is 6.97. The highest BCUT2D eigenvalue weighted by atomic mass is 16.5. The number of fused-ring (bicyclic) bond motifs is 3. The van der Waals surface area contributed by atoms with Crippen molar-refractivity contribution in [2.75, 3.05) is 14.2 Å². The average molecular weight is 534 g/mol. The quantitative estimate of drug-likeness (QED) is 0.278. The number of nitrogens with one attached hydrogen (secondary N) is 1. The molecule has 204 valence electrons. The molecule has 2 aliphatic rings. The van der Waals surface area contributed by atoms with Gasteiger partial charge in [-0.2, -0.15) is 0 Å². The van der Waals surface area contributed by atoms with Crippen LogP contribution in [-0.2, 0) is 5.60 Å². The van der Waals surface area contributed by atoms with Crippen LogP contribution in [0.15, 0.2) is 78.9 Å². The fraction of sp³-hybridized carbons (Fsp3) is 0.286. The molecule has 1 fully saturated rings. The lowest BCUT2D eigenvalue weighted by atomic mass is 9.82. The van der Waals surface area contributed by atoms with Gasteiger partial charge in [-0.3, -0.25) is 4.79 Å². The lowest BCUT2D eigenvalue weighted by Gasteiger charge is -2.37. The minimum Gasteiger partial charge on any atom is -0.493 e. The van der Waals surface area contributed by atoms with E-state index in [0.29, 0.717) is 22.8 Å². The van der Waals surface area contributed by atoms with Gasteiger partial charge in [-0.15, -0.1) is 0 Å². The van der Waals surface area contributed by atoms with E-state index >= 15 is 0 Å². The van der Waals surface area contributed by atoms with E-state index in [1.54, 1.807) is 14.2 Å². The van der Waals surface area contributed by atoms with Crippen molar-refractivity contribution in [3.8, 4) is 17.2 Å². The fourth-order valence-electron chi connectivity index (χ4n) is 6.11. The first-order chi connectivity index (χ1) is 19.5. The van der Waals surface area contributed by atoms with Crippen LogP contribution in [0.1, 0.15) is 64.7 Å². The first-order valence-corrected chi connectivity index (χ1v) is 14.1. The summed E-state index contributed by atoms with van der Waals surface area (Å²) in [5, 5.41) is 4.94. The van der Waals surface area contributed by atoms with E-state index in [2.05, 4.69) is 60.8 Å². The molecular formula is C35H35NO4. The number of carbonyl (C=O) groups is 1. The maximum atomic E-state index is 13.8. The second-order valence-corrected chi connectivity index (χ2v) is 10.8. The van der Waals surface area contributed by atoms with Gasteiger partial charge in [0.2, 0.25) is 0 Å². The Morgan fingerprint density at radius 2 is 1.60 bits per heavy atom. The highest BCUT2D eigenvalue weighted by Gasteiger charge is 2.39. The molecule has 5 nitrogen and oxygen atoms in total. The van der Waals surface area contributed by atoms with Gasteiger partial charge in [0.05, 0.1) is 19.8 Å². The standard InChI is InChI=1S/C35H35NO4/c1-23-14-16-25(17-15-23)35(24-10-6-4-7-11-24)21-20-28-30(34(37)36-26-12-8-5-9-13-26)22-29-27(32(28)40-35)18-19-31(38-2)33(29)39-3/h4,6-7,10-11,14-22,26H,5,8-9,12-13H2,1-3H3,(H,36,37). The zero-order chi connectivity index (χ0) is 27.7. The number of rotatable bonds is 6. The van der Waals surface area contributed by atoms with E-state index in [-0.39, 0.29) is 11.9 Å². The third-order valence-electron chi connectivity index (χ3n) is 8.27. The number of ether oxygens (including phenoxy) is 3. The maximum absolute atomic E-state index is 13.8. The van der Waals surface area contributed by atoms with Crippen molar-refractivity contribution in [2.45, 2.75) is 50.7 Å². The molecule has 0 bridgehead atoms. The van der Waals surface area contributed by atoms with Gasteiger partial charge in [0.15, 0.2) is 17.1 Å². The zero-order valence-corrected chi connectivity index (χ0v) is 23.3. The van der Waals surface area contributed by atoms with Gasteiger partial charge in [0, 0.05) is 33.5 Å². The predicted molar refractivity (Wildman–Crippen MR) is 159 cm³/mol. The zero-order valence-electron chi connectivity index (χ0n) is 23.3. The molecule has 1 aliphatic heterocycles. The van der Waals surface area contributed by atoms with Crippen LogP contribution in [-0.4, -0.2) is 26.2 Å². The molecule has 40 heavy (non-hydrogen) atoms. The molecule has 1 heterocycles. The summed E-state index contributed by atoms with van der Waals surface area (Å²) < 4.78 is 18.6. The van der Waals surface area contributed by atoms with Gasteiger partial charge in [0.1, 0.15) is 5.75 Å². The monoisotopic (exact) mass is 533 g/mol. The minimum atomic E-state index is -0.874. The van der Waals surface area contributed by atoms with E-state index in [1.165, 1.54) is 12.0 Å². The Bertz CT molecular complexity index is 1570. The summed E-state index contributed by atoms with van der Waals surface area (Å²) in [7, 11) is 3.25. The predicted octanol–water partition coefficient (Wildman–Crippen LogP) is 7.58. The van der Waals surface area contributed by atoms with Crippen molar-refractivity contribution in [3.05, 3.63) is 107 Å². The maximum Gasteiger partial charge on any atom is 0.252 e. The molecule has 1 amide bonds. The van der Waals surface area contributed by atoms with Crippen molar-refractivity contribution >= 4 is 22.8 Å². The number of aryl methyl sites for hydroxylation is 1. The molecule has 4 aromatic carbocycles. The van der Waals surface area contributed by atoms with E-state index in [1.807, 2.05) is 36.4 Å². The highest BCUT2D eigenvalue weighted by molar-refractivity contribution is 6.08. The summed E-state index contributed by atoms with van der Waals surface area (Å²) in [6.45, 7) is 2.08. The molecule has 0 aromatic heterocycles. The second-order valence-electron chi connectivity index (χ2n) is 10.8. The highest BCUT2D eigenvalue weighted by Crippen LogP contribution is 2.49. The van der Waals surface area contributed by atoms with Crippen LogP contribution in [0.2, 0.25) is 0 Å². The minimum absolute atomic E-state index is 0.0919. The summed E-state index contributed by atoms with van der Waals surface area (Å²) in [6.07, 6.45) is 9.67. The Labute approximate surface area is 235 Å². The van der Waals surface area contributed by atoms with Gasteiger partial charge in [0.25, 0.3) is 5.91 Å². The van der Waals surface area contributed by atoms with Gasteiger partial charge >= 0.3 is 0 Å². The molecule has 1 saturated carbocycles. The fourth-order valence-corrected chi connectivity index (χ4v) is 6.11. The van der Waals surface area contributed by atoms with Crippen LogP contribution < -0.4 is 19.5 Å². The number of methoxy groups -OCH3 is 2. The summed E-state index contributed by atoms with van der Waals surface area (Å²) in [4.78, 5) is 13.8. The first kappa shape index (κ1) is 26.0. The molecule has 0 radical (unpaired) electrons. The van der Waals surface area contributed by atoms with Crippen molar-refractivity contribution < 1.29 is 19.0 Å². The van der Waals surface area contributed by atoms with E-state index < -0.39 is 5.60 Å². The number of benzene rings is 4. The number of carbonyl (C=O) groups excluding carboxylic acids is 1. The molecular weight excluding hydrogens is 498 g/mol. The van der Waals surface area contributed by atoms with Crippen LogP contribution in [0.5, 0.6) is 17.2 Å². The summed E-state index contributed by atoms with van der Waals surface area (Å²) in [6, 6.07) is 24.6. The normalized spacial score (nSPS) is 18.6. The Balaban J connectivity index is 1.58.